The summed E-state index contributed by atoms with van der Waals surface area (Å²) in [4.78, 5) is 9.89. The van der Waals surface area contributed by atoms with Crippen LogP contribution in [0.15, 0.2) is 12.2 Å². The topological polar surface area (TPSA) is 37.3 Å². The van der Waals surface area contributed by atoms with Crippen LogP contribution in [-0.2, 0) is 4.79 Å². The van der Waals surface area contributed by atoms with Gasteiger partial charge in [0.15, 0.2) is 0 Å². The van der Waals surface area contributed by atoms with E-state index in [4.69, 9.17) is 16.7 Å². The number of halogens is 1. The number of hydrogen-bond donors (Lipinski definition) is 1. The average molecular weight is 149 g/mol. The zero-order valence-corrected chi connectivity index (χ0v) is 5.93. The fourth-order valence-corrected chi connectivity index (χ4v) is 0.459. The average Bonchev–Trinajstić information content (AvgIpc) is 1.63. The zero-order valence-electron chi connectivity index (χ0n) is 5.17. The molecule has 2 nitrogen and oxygen atoms in total. The van der Waals surface area contributed by atoms with Gasteiger partial charge in [-0.05, 0) is 6.92 Å². The number of aliphatic carboxylic acids is 1. The minimum atomic E-state index is -0.830. The van der Waals surface area contributed by atoms with Crippen LogP contribution in [0.1, 0.15) is 13.3 Å². The van der Waals surface area contributed by atoms with E-state index in [2.05, 4.69) is 0 Å². The first-order chi connectivity index (χ1) is 4.13. The monoisotopic (exact) mass is 148 g/mol. The van der Waals surface area contributed by atoms with Crippen LogP contribution < -0.4 is 0 Å². The molecule has 9 heavy (non-hydrogen) atoms. The Bertz CT molecular complexity index is 118. The van der Waals surface area contributed by atoms with Crippen molar-refractivity contribution in [3.63, 3.8) is 0 Å². The van der Waals surface area contributed by atoms with Gasteiger partial charge in [0.25, 0.3) is 0 Å². The second kappa shape index (κ2) is 4.39. The van der Waals surface area contributed by atoms with Gasteiger partial charge in [0.05, 0.1) is 6.42 Å². The highest BCUT2D eigenvalue weighted by Crippen LogP contribution is 1.95. The van der Waals surface area contributed by atoms with Crippen molar-refractivity contribution in [2.24, 2.45) is 0 Å². The van der Waals surface area contributed by atoms with Crippen LogP contribution in [-0.4, -0.2) is 16.5 Å². The maximum Gasteiger partial charge on any atom is 0.307 e. The van der Waals surface area contributed by atoms with E-state index in [9.17, 15) is 4.79 Å². The Balaban J connectivity index is 3.36. The predicted molar refractivity (Wildman–Crippen MR) is 36.7 cm³/mol. The molecular weight excluding hydrogens is 140 g/mol. The van der Waals surface area contributed by atoms with Crippen molar-refractivity contribution in [1.82, 2.24) is 0 Å². The fourth-order valence-electron chi connectivity index (χ4n) is 0.356. The van der Waals surface area contributed by atoms with Crippen molar-refractivity contribution in [3.05, 3.63) is 12.2 Å². The highest BCUT2D eigenvalue weighted by atomic mass is 35.5. The second-order valence-corrected chi connectivity index (χ2v) is 2.39. The van der Waals surface area contributed by atoms with E-state index in [0.717, 1.165) is 0 Å². The predicted octanol–water partition coefficient (Wildman–Crippen LogP) is 1.64. The first-order valence-electron chi connectivity index (χ1n) is 2.65. The van der Waals surface area contributed by atoms with Crippen LogP contribution in [0.25, 0.3) is 0 Å². The smallest absolute Gasteiger partial charge is 0.307 e. The zero-order chi connectivity index (χ0) is 7.28. The molecule has 0 aliphatic rings. The van der Waals surface area contributed by atoms with E-state index >= 15 is 0 Å². The Labute approximate surface area is 59.1 Å². The molecule has 1 N–H and O–H groups in total. The van der Waals surface area contributed by atoms with E-state index in [1.165, 1.54) is 0 Å². The summed E-state index contributed by atoms with van der Waals surface area (Å²) in [6.45, 7) is 1.78. The van der Waals surface area contributed by atoms with Crippen LogP contribution in [0.3, 0.4) is 0 Å². The van der Waals surface area contributed by atoms with Crippen molar-refractivity contribution >= 4 is 17.6 Å². The van der Waals surface area contributed by atoms with Gasteiger partial charge in [0.1, 0.15) is 0 Å². The number of carbonyl (C=O) groups is 1. The van der Waals surface area contributed by atoms with Crippen LogP contribution in [0.5, 0.6) is 0 Å². The lowest BCUT2D eigenvalue weighted by Crippen LogP contribution is -1.91. The van der Waals surface area contributed by atoms with Gasteiger partial charge in [-0.25, -0.2) is 0 Å². The molecule has 1 atom stereocenters. The summed E-state index contributed by atoms with van der Waals surface area (Å²) in [7, 11) is 0. The van der Waals surface area contributed by atoms with Crippen molar-refractivity contribution in [2.45, 2.75) is 18.7 Å². The Kier molecular flexibility index (Phi) is 4.14. The van der Waals surface area contributed by atoms with Gasteiger partial charge in [0, 0.05) is 5.38 Å². The number of allylic oxidation sites excluding steroid dienone is 1. The molecule has 0 rings (SSSR count). The lowest BCUT2D eigenvalue weighted by Gasteiger charge is -1.88. The molecule has 0 fully saturated rings. The summed E-state index contributed by atoms with van der Waals surface area (Å²) in [6.07, 6.45) is 3.24. The number of hydrogen-bond acceptors (Lipinski definition) is 1. The molecular formula is C6H9ClO2. The fraction of sp³-hybridized carbons (Fsp3) is 0.500. The molecule has 3 heteroatoms. The molecule has 0 saturated carbocycles. The minimum absolute atomic E-state index is 0.0526. The third kappa shape index (κ3) is 7.50. The largest absolute Gasteiger partial charge is 0.481 e. The molecule has 0 aliphatic carbocycles. The lowest BCUT2D eigenvalue weighted by molar-refractivity contribution is -0.136. The number of alkyl halides is 1. The Hall–Kier alpha value is -0.500. The molecule has 0 bridgehead atoms. The van der Waals surface area contributed by atoms with E-state index in [0.29, 0.717) is 0 Å². The highest BCUT2D eigenvalue weighted by Gasteiger charge is 1.90. The highest BCUT2D eigenvalue weighted by molar-refractivity contribution is 6.21. The molecule has 0 aromatic heterocycles. The van der Waals surface area contributed by atoms with Gasteiger partial charge in [-0.1, -0.05) is 12.2 Å². The maximum absolute atomic E-state index is 9.89. The molecule has 0 radical (unpaired) electrons. The molecule has 0 aliphatic heterocycles. The van der Waals surface area contributed by atoms with Crippen LogP contribution >= 0.6 is 11.6 Å². The normalized spacial score (nSPS) is 14.0. The number of rotatable bonds is 3. The summed E-state index contributed by atoms with van der Waals surface area (Å²) in [6, 6.07) is 0. The molecule has 0 heterocycles. The molecule has 0 aromatic carbocycles. The van der Waals surface area contributed by atoms with Gasteiger partial charge >= 0.3 is 5.97 Å². The number of carboxylic acid groups (broad SMARTS) is 1. The Morgan fingerprint density at radius 1 is 1.89 bits per heavy atom. The van der Waals surface area contributed by atoms with Crippen LogP contribution in [0.2, 0.25) is 0 Å². The van der Waals surface area contributed by atoms with Crippen molar-refractivity contribution < 1.29 is 9.90 Å². The standard InChI is InChI=1S/C6H9ClO2/c1-5(7)3-2-4-6(8)9/h2-3,5H,4H2,1H3,(H,8,9). The van der Waals surface area contributed by atoms with E-state index in [-0.39, 0.29) is 11.8 Å². The van der Waals surface area contributed by atoms with Gasteiger partial charge in [-0.3, -0.25) is 4.79 Å². The van der Waals surface area contributed by atoms with Gasteiger partial charge in [-0.15, -0.1) is 11.6 Å². The lowest BCUT2D eigenvalue weighted by atomic mass is 10.3. The quantitative estimate of drug-likeness (QED) is 0.488. The van der Waals surface area contributed by atoms with E-state index < -0.39 is 5.97 Å². The summed E-state index contributed by atoms with van der Waals surface area (Å²) in [5.41, 5.74) is 0. The minimum Gasteiger partial charge on any atom is -0.481 e. The maximum atomic E-state index is 9.89. The Morgan fingerprint density at radius 3 is 2.78 bits per heavy atom. The molecule has 0 aromatic rings. The van der Waals surface area contributed by atoms with Crippen LogP contribution in [0, 0.1) is 0 Å². The van der Waals surface area contributed by atoms with Gasteiger partial charge in [0.2, 0.25) is 0 Å². The molecule has 52 valence electrons. The Morgan fingerprint density at radius 2 is 2.44 bits per heavy atom. The summed E-state index contributed by atoms with van der Waals surface area (Å²) < 4.78 is 0. The molecule has 0 saturated heterocycles. The van der Waals surface area contributed by atoms with Crippen molar-refractivity contribution in [2.75, 3.05) is 0 Å². The van der Waals surface area contributed by atoms with Gasteiger partial charge < -0.3 is 5.11 Å². The number of carboxylic acids is 1. The summed E-state index contributed by atoms with van der Waals surface area (Å²) in [5, 5.41) is 8.05. The van der Waals surface area contributed by atoms with E-state index in [1.54, 1.807) is 19.1 Å². The molecule has 0 amide bonds. The van der Waals surface area contributed by atoms with Crippen molar-refractivity contribution in [1.29, 1.82) is 0 Å². The van der Waals surface area contributed by atoms with Gasteiger partial charge in [-0.2, -0.15) is 0 Å². The van der Waals surface area contributed by atoms with Crippen molar-refractivity contribution in [3.8, 4) is 0 Å². The summed E-state index contributed by atoms with van der Waals surface area (Å²) >= 11 is 5.48. The molecule has 1 unspecified atom stereocenters. The van der Waals surface area contributed by atoms with Crippen LogP contribution in [0.4, 0.5) is 0 Å². The van der Waals surface area contributed by atoms with E-state index in [1.807, 2.05) is 0 Å². The summed E-state index contributed by atoms with van der Waals surface area (Å²) in [5.74, 6) is -0.830. The molecule has 0 spiro atoms. The second-order valence-electron chi connectivity index (χ2n) is 1.70. The third-order valence-electron chi connectivity index (χ3n) is 0.694. The SMILES string of the molecule is CC(Cl)C=CCC(=O)O. The first kappa shape index (κ1) is 8.50. The third-order valence-corrected chi connectivity index (χ3v) is 0.839. The first-order valence-corrected chi connectivity index (χ1v) is 3.09.